The molecular weight excluding hydrogens is 362 g/mol. The summed E-state index contributed by atoms with van der Waals surface area (Å²) in [5.74, 6) is -0.250. The fraction of sp³-hybridized carbons (Fsp3) is 0.526. The number of carbonyl (C=O) groups is 2. The minimum atomic E-state index is -0.502. The van der Waals surface area contributed by atoms with Crippen molar-refractivity contribution in [1.29, 1.82) is 0 Å². The maximum atomic E-state index is 12.1. The van der Waals surface area contributed by atoms with Crippen LogP contribution in [0.3, 0.4) is 0 Å². The lowest BCUT2D eigenvalue weighted by Gasteiger charge is -2.33. The summed E-state index contributed by atoms with van der Waals surface area (Å²) in [5.41, 5.74) is 1.06. The van der Waals surface area contributed by atoms with Crippen LogP contribution in [0, 0.1) is 0 Å². The molecule has 1 aliphatic rings. The largest absolute Gasteiger partial charge is 0.355 e. The molecule has 0 radical (unpaired) electrons. The van der Waals surface area contributed by atoms with Gasteiger partial charge in [0.2, 0.25) is 11.8 Å². The maximum absolute atomic E-state index is 12.1. The van der Waals surface area contributed by atoms with Gasteiger partial charge in [0.25, 0.3) is 0 Å². The highest BCUT2D eigenvalue weighted by Crippen LogP contribution is 2.22. The second kappa shape index (κ2) is 9.25. The van der Waals surface area contributed by atoms with Crippen molar-refractivity contribution in [3.8, 4) is 0 Å². The molecule has 2 heterocycles. The van der Waals surface area contributed by atoms with Crippen molar-refractivity contribution >= 4 is 33.4 Å². The van der Waals surface area contributed by atoms with Crippen molar-refractivity contribution in [3.63, 3.8) is 0 Å². The third-order valence-electron chi connectivity index (χ3n) is 4.65. The molecule has 0 bridgehead atoms. The molecule has 2 N–H and O–H groups in total. The summed E-state index contributed by atoms with van der Waals surface area (Å²) in [6.07, 6.45) is 0. The third kappa shape index (κ3) is 5.47. The zero-order valence-corrected chi connectivity index (χ0v) is 16.7. The van der Waals surface area contributed by atoms with E-state index >= 15 is 0 Å². The number of thiazole rings is 1. The predicted octanol–water partition coefficient (Wildman–Crippen LogP) is 1.05. The molecule has 2 aromatic rings. The zero-order valence-electron chi connectivity index (χ0n) is 15.9. The number of amides is 2. The number of para-hydroxylation sites is 1. The average molecular weight is 390 g/mol. The van der Waals surface area contributed by atoms with Crippen molar-refractivity contribution in [2.45, 2.75) is 26.4 Å². The topological polar surface area (TPSA) is 77.6 Å². The minimum absolute atomic E-state index is 0.103. The first-order chi connectivity index (χ1) is 13.0. The summed E-state index contributed by atoms with van der Waals surface area (Å²) in [6.45, 7) is 8.83. The van der Waals surface area contributed by atoms with Crippen LogP contribution in [0.15, 0.2) is 24.3 Å². The minimum Gasteiger partial charge on any atom is -0.355 e. The van der Waals surface area contributed by atoms with E-state index in [0.717, 1.165) is 43.2 Å². The molecule has 3 rings (SSSR count). The Morgan fingerprint density at radius 3 is 2.59 bits per heavy atom. The Kier molecular flexibility index (Phi) is 6.76. The van der Waals surface area contributed by atoms with Crippen molar-refractivity contribution < 1.29 is 9.59 Å². The summed E-state index contributed by atoms with van der Waals surface area (Å²) in [6, 6.07) is 7.71. The molecule has 0 aliphatic carbocycles. The molecule has 0 unspecified atom stereocenters. The Labute approximate surface area is 163 Å². The lowest BCUT2D eigenvalue weighted by Crippen LogP contribution is -2.51. The Morgan fingerprint density at radius 1 is 1.19 bits per heavy atom. The van der Waals surface area contributed by atoms with Gasteiger partial charge in [0.15, 0.2) is 0 Å². The lowest BCUT2D eigenvalue weighted by molar-refractivity contribution is -0.129. The summed E-state index contributed by atoms with van der Waals surface area (Å²) in [4.78, 5) is 33.1. The van der Waals surface area contributed by atoms with Gasteiger partial charge in [0, 0.05) is 32.7 Å². The van der Waals surface area contributed by atoms with Gasteiger partial charge in [0.1, 0.15) is 11.0 Å². The number of hydrogen-bond acceptors (Lipinski definition) is 6. The third-order valence-corrected chi connectivity index (χ3v) is 5.67. The Morgan fingerprint density at radius 2 is 1.89 bits per heavy atom. The van der Waals surface area contributed by atoms with E-state index in [4.69, 9.17) is 4.98 Å². The van der Waals surface area contributed by atoms with Crippen molar-refractivity contribution in [1.82, 2.24) is 25.4 Å². The van der Waals surface area contributed by atoms with Crippen LogP contribution >= 0.6 is 11.3 Å². The summed E-state index contributed by atoms with van der Waals surface area (Å²) < 4.78 is 1.23. The Balaban J connectivity index is 1.42. The molecule has 7 nitrogen and oxygen atoms in total. The highest BCUT2D eigenvalue weighted by Gasteiger charge is 2.21. The molecule has 146 valence electrons. The number of nitrogens with zero attached hydrogens (tertiary/aromatic N) is 3. The normalized spacial score (nSPS) is 17.0. The van der Waals surface area contributed by atoms with Gasteiger partial charge in [0.05, 0.1) is 23.3 Å². The Hall–Kier alpha value is -2.03. The van der Waals surface area contributed by atoms with E-state index in [1.165, 1.54) is 4.70 Å². The summed E-state index contributed by atoms with van der Waals surface area (Å²) in [7, 11) is 0. The van der Waals surface area contributed by atoms with E-state index < -0.39 is 6.04 Å². The van der Waals surface area contributed by atoms with Gasteiger partial charge in [-0.05, 0) is 26.0 Å². The quantitative estimate of drug-likeness (QED) is 0.740. The number of carbonyl (C=O) groups excluding carboxylic acids is 2. The summed E-state index contributed by atoms with van der Waals surface area (Å²) >= 11 is 1.75. The molecule has 1 aliphatic heterocycles. The van der Waals surface area contributed by atoms with Gasteiger partial charge in [-0.3, -0.25) is 19.4 Å². The number of rotatable bonds is 7. The monoisotopic (exact) mass is 389 g/mol. The predicted molar refractivity (Wildman–Crippen MR) is 108 cm³/mol. The molecule has 1 saturated heterocycles. The number of likely N-dealkylation sites (N-methyl/N-ethyl adjacent to an activating group) is 1. The molecule has 1 aromatic heterocycles. The zero-order chi connectivity index (χ0) is 19.2. The van der Waals surface area contributed by atoms with Crippen LogP contribution in [0.5, 0.6) is 0 Å². The molecule has 27 heavy (non-hydrogen) atoms. The molecule has 1 aromatic carbocycles. The second-order valence-electron chi connectivity index (χ2n) is 6.81. The second-order valence-corrected chi connectivity index (χ2v) is 7.93. The van der Waals surface area contributed by atoms with Gasteiger partial charge >= 0.3 is 0 Å². The molecule has 0 spiro atoms. The summed E-state index contributed by atoms with van der Waals surface area (Å²) in [5, 5.41) is 6.61. The van der Waals surface area contributed by atoms with Crippen LogP contribution in [-0.4, -0.2) is 71.9 Å². The molecule has 1 fully saturated rings. The number of fused-ring (bicyclic) bond motifs is 1. The van der Waals surface area contributed by atoms with E-state index in [-0.39, 0.29) is 11.8 Å². The molecule has 2 amide bonds. The van der Waals surface area contributed by atoms with Gasteiger partial charge in [-0.15, -0.1) is 11.3 Å². The van der Waals surface area contributed by atoms with E-state index in [1.807, 2.05) is 25.1 Å². The fourth-order valence-electron chi connectivity index (χ4n) is 3.17. The maximum Gasteiger partial charge on any atom is 0.242 e. The van der Waals surface area contributed by atoms with Gasteiger partial charge in [-0.2, -0.15) is 0 Å². The number of piperazine rings is 1. The molecular formula is C19H27N5O2S. The highest BCUT2D eigenvalue weighted by atomic mass is 32.1. The number of benzene rings is 1. The van der Waals surface area contributed by atoms with Crippen LogP contribution in [0.1, 0.15) is 18.9 Å². The van der Waals surface area contributed by atoms with Crippen LogP contribution in [0.2, 0.25) is 0 Å². The first-order valence-electron chi connectivity index (χ1n) is 9.41. The number of aromatic nitrogens is 1. The number of hydrogen-bond donors (Lipinski definition) is 2. The van der Waals surface area contributed by atoms with E-state index in [9.17, 15) is 9.59 Å². The van der Waals surface area contributed by atoms with Crippen LogP contribution < -0.4 is 10.6 Å². The van der Waals surface area contributed by atoms with E-state index in [2.05, 4.69) is 26.5 Å². The van der Waals surface area contributed by atoms with Crippen LogP contribution in [0.25, 0.3) is 10.2 Å². The van der Waals surface area contributed by atoms with Crippen LogP contribution in [-0.2, 0) is 16.1 Å². The van der Waals surface area contributed by atoms with E-state index in [0.29, 0.717) is 13.1 Å². The smallest absolute Gasteiger partial charge is 0.242 e. The van der Waals surface area contributed by atoms with Gasteiger partial charge in [-0.25, -0.2) is 4.98 Å². The highest BCUT2D eigenvalue weighted by molar-refractivity contribution is 7.18. The lowest BCUT2D eigenvalue weighted by atomic mass is 10.3. The number of nitrogens with one attached hydrogen (secondary N) is 2. The van der Waals surface area contributed by atoms with E-state index in [1.54, 1.807) is 18.3 Å². The van der Waals surface area contributed by atoms with Crippen LogP contribution in [0.4, 0.5) is 0 Å². The molecule has 8 heteroatoms. The van der Waals surface area contributed by atoms with Crippen molar-refractivity contribution in [2.24, 2.45) is 0 Å². The SMILES string of the molecule is CCNC(=O)[C@H](C)NC(=O)CN1CCN(Cc2nc3ccccc3s2)CC1. The van der Waals surface area contributed by atoms with Gasteiger partial charge < -0.3 is 10.6 Å². The fourth-order valence-corrected chi connectivity index (χ4v) is 4.18. The Bertz CT molecular complexity index is 752. The van der Waals surface area contributed by atoms with Crippen molar-refractivity contribution in [3.05, 3.63) is 29.3 Å². The average Bonchev–Trinajstić information content (AvgIpc) is 3.05. The van der Waals surface area contributed by atoms with Gasteiger partial charge in [-0.1, -0.05) is 12.1 Å². The first-order valence-corrected chi connectivity index (χ1v) is 10.2. The standard InChI is InChI=1S/C19H27N5O2S/c1-3-20-19(26)14(2)21-17(25)12-23-8-10-24(11-9-23)13-18-22-15-6-4-5-7-16(15)27-18/h4-7,14H,3,8-13H2,1-2H3,(H,20,26)(H,21,25)/t14-/m0/s1. The van der Waals surface area contributed by atoms with Crippen molar-refractivity contribution in [2.75, 3.05) is 39.3 Å². The first kappa shape index (κ1) is 19.7. The molecule has 0 saturated carbocycles. The molecule has 1 atom stereocenters.